The number of benzene rings is 2. The number of aryl methyl sites for hydroxylation is 1. The highest BCUT2D eigenvalue weighted by atomic mass is 16.5. The summed E-state index contributed by atoms with van der Waals surface area (Å²) in [5, 5.41) is 9.97. The van der Waals surface area contributed by atoms with Crippen LogP contribution in [0, 0.1) is 6.92 Å². The van der Waals surface area contributed by atoms with E-state index in [-0.39, 0.29) is 6.42 Å². The number of aliphatic carboxylic acids is 1. The Kier molecular flexibility index (Phi) is 5.24. The smallest absolute Gasteiger partial charge is 0.307 e. The average molecular weight is 388 g/mol. The molecule has 0 amide bonds. The SMILES string of the molecule is Cc1oc(-c2ccc3ccccc3n2)nc1CCOc1cccc(CC(=O)O)c1. The number of hydrogen-bond donors (Lipinski definition) is 1. The molecular weight excluding hydrogens is 368 g/mol. The van der Waals surface area contributed by atoms with Gasteiger partial charge in [0.25, 0.3) is 0 Å². The van der Waals surface area contributed by atoms with E-state index in [0.717, 1.165) is 22.4 Å². The van der Waals surface area contributed by atoms with Crippen LogP contribution in [0.2, 0.25) is 0 Å². The molecule has 6 heteroatoms. The van der Waals surface area contributed by atoms with E-state index in [9.17, 15) is 4.79 Å². The fourth-order valence-corrected chi connectivity index (χ4v) is 3.14. The number of aromatic nitrogens is 2. The second-order valence-corrected chi connectivity index (χ2v) is 6.73. The monoisotopic (exact) mass is 388 g/mol. The Hall–Kier alpha value is -3.67. The molecule has 0 saturated carbocycles. The van der Waals surface area contributed by atoms with Crippen LogP contribution in [0.15, 0.2) is 65.1 Å². The minimum absolute atomic E-state index is 0.0261. The maximum Gasteiger partial charge on any atom is 0.307 e. The zero-order valence-electron chi connectivity index (χ0n) is 16.0. The first-order valence-electron chi connectivity index (χ1n) is 9.34. The lowest BCUT2D eigenvalue weighted by Gasteiger charge is -2.06. The van der Waals surface area contributed by atoms with Crippen LogP contribution in [0.3, 0.4) is 0 Å². The normalized spacial score (nSPS) is 10.9. The van der Waals surface area contributed by atoms with Crippen molar-refractivity contribution in [3.8, 4) is 17.3 Å². The van der Waals surface area contributed by atoms with Gasteiger partial charge in [-0.1, -0.05) is 36.4 Å². The van der Waals surface area contributed by atoms with Crippen LogP contribution in [0.1, 0.15) is 17.0 Å². The van der Waals surface area contributed by atoms with E-state index in [1.165, 1.54) is 0 Å². The van der Waals surface area contributed by atoms with E-state index >= 15 is 0 Å². The van der Waals surface area contributed by atoms with Crippen molar-refractivity contribution < 1.29 is 19.1 Å². The quantitative estimate of drug-likeness (QED) is 0.503. The first-order valence-corrected chi connectivity index (χ1v) is 9.34. The summed E-state index contributed by atoms with van der Waals surface area (Å²) in [4.78, 5) is 20.1. The highest BCUT2D eigenvalue weighted by Gasteiger charge is 2.13. The van der Waals surface area contributed by atoms with Gasteiger partial charge in [-0.05, 0) is 36.8 Å². The van der Waals surface area contributed by atoms with Crippen LogP contribution in [0.25, 0.3) is 22.5 Å². The topological polar surface area (TPSA) is 85.5 Å². The number of pyridine rings is 1. The Morgan fingerprint density at radius 1 is 1.07 bits per heavy atom. The number of carbonyl (C=O) groups is 1. The van der Waals surface area contributed by atoms with Gasteiger partial charge in [0.05, 0.1) is 24.2 Å². The van der Waals surface area contributed by atoms with Crippen molar-refractivity contribution in [2.45, 2.75) is 19.8 Å². The van der Waals surface area contributed by atoms with Gasteiger partial charge in [-0.3, -0.25) is 4.79 Å². The minimum atomic E-state index is -0.866. The van der Waals surface area contributed by atoms with Crippen molar-refractivity contribution in [1.29, 1.82) is 0 Å². The summed E-state index contributed by atoms with van der Waals surface area (Å²) >= 11 is 0. The molecule has 0 aliphatic rings. The molecule has 2 aromatic heterocycles. The van der Waals surface area contributed by atoms with E-state index in [1.54, 1.807) is 18.2 Å². The molecule has 4 aromatic rings. The van der Waals surface area contributed by atoms with E-state index < -0.39 is 5.97 Å². The molecule has 2 heterocycles. The Labute approximate surface area is 167 Å². The zero-order valence-corrected chi connectivity index (χ0v) is 16.0. The van der Waals surface area contributed by atoms with Gasteiger partial charge in [0.2, 0.25) is 5.89 Å². The summed E-state index contributed by atoms with van der Waals surface area (Å²) in [7, 11) is 0. The molecule has 0 aliphatic heterocycles. The van der Waals surface area contributed by atoms with Crippen LogP contribution in [0.5, 0.6) is 5.75 Å². The summed E-state index contributed by atoms with van der Waals surface area (Å²) in [5.74, 6) is 1.00. The molecule has 0 radical (unpaired) electrons. The highest BCUT2D eigenvalue weighted by Crippen LogP contribution is 2.23. The van der Waals surface area contributed by atoms with Gasteiger partial charge in [-0.25, -0.2) is 9.97 Å². The maximum absolute atomic E-state index is 10.8. The standard InChI is InChI=1S/C23H20N2O4/c1-15-19(11-12-28-18-7-4-5-16(13-18)14-22(26)27)25-23(29-15)21-10-9-17-6-2-3-8-20(17)24-21/h2-10,13H,11-12,14H2,1H3,(H,26,27). The molecule has 6 nitrogen and oxygen atoms in total. The zero-order chi connectivity index (χ0) is 20.2. The number of para-hydroxylation sites is 1. The molecule has 146 valence electrons. The molecule has 1 N–H and O–H groups in total. The van der Waals surface area contributed by atoms with E-state index in [4.69, 9.17) is 14.3 Å². The van der Waals surface area contributed by atoms with Crippen molar-refractivity contribution in [2.24, 2.45) is 0 Å². The van der Waals surface area contributed by atoms with Gasteiger partial charge in [0, 0.05) is 11.8 Å². The number of fused-ring (bicyclic) bond motifs is 1. The number of ether oxygens (including phenoxy) is 1. The van der Waals surface area contributed by atoms with Crippen molar-refractivity contribution in [3.05, 3.63) is 77.7 Å². The predicted molar refractivity (Wildman–Crippen MR) is 109 cm³/mol. The highest BCUT2D eigenvalue weighted by molar-refractivity contribution is 5.80. The predicted octanol–water partition coefficient (Wildman–Crippen LogP) is 4.45. The number of hydrogen-bond acceptors (Lipinski definition) is 5. The molecule has 0 atom stereocenters. The Morgan fingerprint density at radius 2 is 1.93 bits per heavy atom. The van der Waals surface area contributed by atoms with Crippen molar-refractivity contribution >= 4 is 16.9 Å². The molecule has 2 aromatic carbocycles. The van der Waals surface area contributed by atoms with Crippen molar-refractivity contribution in [2.75, 3.05) is 6.61 Å². The number of nitrogens with zero attached hydrogens (tertiary/aromatic N) is 2. The first-order chi connectivity index (χ1) is 14.1. The summed E-state index contributed by atoms with van der Waals surface area (Å²) in [6.07, 6.45) is 0.549. The molecular formula is C23H20N2O4. The van der Waals surface area contributed by atoms with Gasteiger partial charge in [0.1, 0.15) is 17.2 Å². The molecule has 0 saturated heterocycles. The van der Waals surface area contributed by atoms with Crippen LogP contribution in [-0.2, 0) is 17.6 Å². The lowest BCUT2D eigenvalue weighted by molar-refractivity contribution is -0.136. The van der Waals surface area contributed by atoms with Gasteiger partial charge in [-0.15, -0.1) is 0 Å². The van der Waals surface area contributed by atoms with E-state index in [2.05, 4.69) is 9.97 Å². The van der Waals surface area contributed by atoms with Crippen LogP contribution in [0.4, 0.5) is 0 Å². The van der Waals surface area contributed by atoms with Crippen molar-refractivity contribution in [1.82, 2.24) is 9.97 Å². The fourth-order valence-electron chi connectivity index (χ4n) is 3.14. The molecule has 0 aliphatic carbocycles. The minimum Gasteiger partial charge on any atom is -0.493 e. The lowest BCUT2D eigenvalue weighted by atomic mass is 10.1. The molecule has 0 fully saturated rings. The van der Waals surface area contributed by atoms with Crippen LogP contribution < -0.4 is 4.74 Å². The van der Waals surface area contributed by atoms with Gasteiger partial charge in [-0.2, -0.15) is 0 Å². The second kappa shape index (κ2) is 8.14. The average Bonchev–Trinajstić information content (AvgIpc) is 3.08. The summed E-state index contributed by atoms with van der Waals surface area (Å²) in [5.41, 5.74) is 3.11. The van der Waals surface area contributed by atoms with Crippen LogP contribution in [-0.4, -0.2) is 27.7 Å². The Balaban J connectivity index is 1.44. The first kappa shape index (κ1) is 18.7. The van der Waals surface area contributed by atoms with E-state index in [0.29, 0.717) is 35.9 Å². The third-order valence-corrected chi connectivity index (χ3v) is 4.57. The Bertz CT molecular complexity index is 1170. The summed E-state index contributed by atoms with van der Waals surface area (Å²) < 4.78 is 11.6. The molecule has 4 rings (SSSR count). The molecule has 0 bridgehead atoms. The van der Waals surface area contributed by atoms with Gasteiger partial charge >= 0.3 is 5.97 Å². The molecule has 0 spiro atoms. The number of oxazole rings is 1. The van der Waals surface area contributed by atoms with Crippen molar-refractivity contribution in [3.63, 3.8) is 0 Å². The third-order valence-electron chi connectivity index (χ3n) is 4.57. The maximum atomic E-state index is 10.8. The fraction of sp³-hybridized carbons (Fsp3) is 0.174. The summed E-state index contributed by atoms with van der Waals surface area (Å²) in [6, 6.07) is 18.9. The van der Waals surface area contributed by atoms with Gasteiger partial charge in [0.15, 0.2) is 0 Å². The molecule has 29 heavy (non-hydrogen) atoms. The molecule has 0 unspecified atom stereocenters. The summed E-state index contributed by atoms with van der Waals surface area (Å²) in [6.45, 7) is 2.29. The van der Waals surface area contributed by atoms with Gasteiger partial charge < -0.3 is 14.3 Å². The number of carboxylic acids is 1. The van der Waals surface area contributed by atoms with Crippen LogP contribution >= 0.6 is 0 Å². The third kappa shape index (κ3) is 4.43. The number of rotatable bonds is 7. The second-order valence-electron chi connectivity index (χ2n) is 6.73. The largest absolute Gasteiger partial charge is 0.493 e. The Morgan fingerprint density at radius 3 is 2.79 bits per heavy atom. The lowest BCUT2D eigenvalue weighted by Crippen LogP contribution is -2.04. The number of carboxylic acid groups (broad SMARTS) is 1. The van der Waals surface area contributed by atoms with E-state index in [1.807, 2.05) is 49.4 Å².